The van der Waals surface area contributed by atoms with Crippen LogP contribution in [0.2, 0.25) is 5.02 Å². The quantitative estimate of drug-likeness (QED) is 0.553. The van der Waals surface area contributed by atoms with Crippen molar-refractivity contribution in [3.05, 3.63) is 29.0 Å². The Morgan fingerprint density at radius 3 is 2.59 bits per heavy atom. The summed E-state index contributed by atoms with van der Waals surface area (Å²) in [6, 6.07) is 3.74. The first-order chi connectivity index (χ1) is 10.2. The van der Waals surface area contributed by atoms with Crippen LogP contribution in [0.15, 0.2) is 18.2 Å². The van der Waals surface area contributed by atoms with Crippen molar-refractivity contribution in [3.8, 4) is 0 Å². The van der Waals surface area contributed by atoms with Crippen molar-refractivity contribution < 1.29 is 19.1 Å². The van der Waals surface area contributed by atoms with Crippen LogP contribution in [0.1, 0.15) is 26.7 Å². The first-order valence-corrected chi connectivity index (χ1v) is 7.28. The highest BCUT2D eigenvalue weighted by Crippen LogP contribution is 2.20. The van der Waals surface area contributed by atoms with Crippen LogP contribution in [0.4, 0.5) is 10.1 Å². The summed E-state index contributed by atoms with van der Waals surface area (Å²) in [7, 11) is 0. The van der Waals surface area contributed by atoms with E-state index in [-0.39, 0.29) is 22.7 Å². The van der Waals surface area contributed by atoms with Gasteiger partial charge in [0.15, 0.2) is 0 Å². The Balaban J connectivity index is 2.41. The monoisotopic (exact) mass is 330 g/mol. The summed E-state index contributed by atoms with van der Waals surface area (Å²) in [6.45, 7) is 4.17. The number of rotatable bonds is 6. The molecule has 22 heavy (non-hydrogen) atoms. The van der Waals surface area contributed by atoms with Gasteiger partial charge in [-0.05, 0) is 36.5 Å². The molecule has 0 spiro atoms. The molecule has 0 aliphatic rings. The highest BCUT2D eigenvalue weighted by molar-refractivity contribution is 6.39. The molecule has 0 aliphatic carbocycles. The molecule has 7 heteroatoms. The second kappa shape index (κ2) is 8.10. The molecule has 0 bridgehead atoms. The largest absolute Gasteiger partial charge is 0.396 e. The average Bonchev–Trinajstić information content (AvgIpc) is 2.46. The van der Waals surface area contributed by atoms with Crippen LogP contribution in [-0.4, -0.2) is 30.1 Å². The summed E-state index contributed by atoms with van der Waals surface area (Å²) >= 11 is 5.60. The summed E-state index contributed by atoms with van der Waals surface area (Å²) in [6.07, 6.45) is 1.33. The molecule has 1 aromatic rings. The highest BCUT2D eigenvalue weighted by Gasteiger charge is 2.18. The lowest BCUT2D eigenvalue weighted by Crippen LogP contribution is -2.36. The lowest BCUT2D eigenvalue weighted by atomic mass is 9.89. The number of carbonyl (C=O) groups is 2. The number of aliphatic hydroxyl groups excluding tert-OH is 1. The molecular formula is C15H20ClFN2O3. The molecule has 0 saturated carbocycles. The van der Waals surface area contributed by atoms with Gasteiger partial charge in [0.2, 0.25) is 0 Å². The standard InChI is InChI=1S/C15H20ClFN2O3/c1-15(2,9-20)6-3-7-18-13(21)14(22)19-12-5-4-10(16)8-11(12)17/h4-5,8,20H,3,6-7,9H2,1-2H3,(H,18,21)(H,19,22). The second-order valence-electron chi connectivity index (χ2n) is 5.76. The number of carbonyl (C=O) groups excluding carboxylic acids is 2. The van der Waals surface area contributed by atoms with Crippen molar-refractivity contribution in [2.24, 2.45) is 5.41 Å². The normalized spacial score (nSPS) is 11.1. The van der Waals surface area contributed by atoms with Crippen molar-refractivity contribution in [3.63, 3.8) is 0 Å². The maximum absolute atomic E-state index is 13.5. The Morgan fingerprint density at radius 1 is 1.32 bits per heavy atom. The predicted octanol–water partition coefficient (Wildman–Crippen LogP) is 2.33. The molecule has 1 rings (SSSR count). The fraction of sp³-hybridized carbons (Fsp3) is 0.467. The van der Waals surface area contributed by atoms with Gasteiger partial charge in [0.25, 0.3) is 0 Å². The zero-order chi connectivity index (χ0) is 16.8. The van der Waals surface area contributed by atoms with Crippen LogP contribution < -0.4 is 10.6 Å². The van der Waals surface area contributed by atoms with E-state index in [9.17, 15) is 14.0 Å². The third-order valence-corrected chi connectivity index (χ3v) is 3.36. The van der Waals surface area contributed by atoms with Crippen molar-refractivity contribution >= 4 is 29.1 Å². The molecule has 0 fully saturated rings. The Morgan fingerprint density at radius 2 is 2.00 bits per heavy atom. The van der Waals surface area contributed by atoms with Gasteiger partial charge >= 0.3 is 11.8 Å². The summed E-state index contributed by atoms with van der Waals surface area (Å²) in [4.78, 5) is 23.2. The molecule has 3 N–H and O–H groups in total. The number of halogens is 2. The van der Waals surface area contributed by atoms with Crippen LogP contribution in [0.25, 0.3) is 0 Å². The van der Waals surface area contributed by atoms with Crippen LogP contribution in [0.5, 0.6) is 0 Å². The fourth-order valence-corrected chi connectivity index (χ4v) is 1.86. The summed E-state index contributed by atoms with van der Waals surface area (Å²) in [5.74, 6) is -2.49. The molecule has 122 valence electrons. The minimum atomic E-state index is -0.942. The van der Waals surface area contributed by atoms with E-state index >= 15 is 0 Å². The van der Waals surface area contributed by atoms with Gasteiger partial charge in [-0.15, -0.1) is 0 Å². The van der Waals surface area contributed by atoms with E-state index in [0.717, 1.165) is 6.07 Å². The van der Waals surface area contributed by atoms with E-state index in [4.69, 9.17) is 16.7 Å². The zero-order valence-corrected chi connectivity index (χ0v) is 13.3. The lowest BCUT2D eigenvalue weighted by Gasteiger charge is -2.21. The molecule has 0 aliphatic heterocycles. The number of nitrogens with one attached hydrogen (secondary N) is 2. The first-order valence-electron chi connectivity index (χ1n) is 6.90. The van der Waals surface area contributed by atoms with Gasteiger partial charge in [-0.25, -0.2) is 4.39 Å². The lowest BCUT2D eigenvalue weighted by molar-refractivity contribution is -0.136. The number of hydrogen-bond acceptors (Lipinski definition) is 3. The molecule has 0 radical (unpaired) electrons. The summed E-state index contributed by atoms with van der Waals surface area (Å²) < 4.78 is 13.5. The SMILES string of the molecule is CC(C)(CO)CCCNC(=O)C(=O)Nc1ccc(Cl)cc1F. The Hall–Kier alpha value is -1.66. The highest BCUT2D eigenvalue weighted by atomic mass is 35.5. The van der Waals surface area contributed by atoms with Gasteiger partial charge in [0.05, 0.1) is 5.69 Å². The fourth-order valence-electron chi connectivity index (χ4n) is 1.70. The molecule has 2 amide bonds. The molecule has 1 aromatic carbocycles. The van der Waals surface area contributed by atoms with Crippen LogP contribution in [-0.2, 0) is 9.59 Å². The maximum atomic E-state index is 13.5. The topological polar surface area (TPSA) is 78.4 Å². The molecule has 0 aromatic heterocycles. The van der Waals surface area contributed by atoms with Gasteiger partial charge in [-0.1, -0.05) is 25.4 Å². The smallest absolute Gasteiger partial charge is 0.313 e. The van der Waals surface area contributed by atoms with Crippen molar-refractivity contribution in [1.82, 2.24) is 5.32 Å². The number of aliphatic hydroxyl groups is 1. The van der Waals surface area contributed by atoms with Crippen molar-refractivity contribution in [1.29, 1.82) is 0 Å². The minimum absolute atomic E-state index is 0.0529. The van der Waals surface area contributed by atoms with Gasteiger partial charge in [0, 0.05) is 18.2 Å². The molecule has 5 nitrogen and oxygen atoms in total. The summed E-state index contributed by atoms with van der Waals surface area (Å²) in [5.41, 5.74) is -0.328. The van der Waals surface area contributed by atoms with Crippen LogP contribution in [0.3, 0.4) is 0 Å². The maximum Gasteiger partial charge on any atom is 0.313 e. The molecule has 0 saturated heterocycles. The van der Waals surface area contributed by atoms with Gasteiger partial charge < -0.3 is 15.7 Å². The first kappa shape index (κ1) is 18.4. The number of hydrogen-bond donors (Lipinski definition) is 3. The van der Waals surface area contributed by atoms with Crippen LogP contribution >= 0.6 is 11.6 Å². The summed E-state index contributed by atoms with van der Waals surface area (Å²) in [5, 5.41) is 13.9. The molecule has 0 unspecified atom stereocenters. The number of benzene rings is 1. The molecule has 0 heterocycles. The minimum Gasteiger partial charge on any atom is -0.396 e. The third kappa shape index (κ3) is 5.99. The second-order valence-corrected chi connectivity index (χ2v) is 6.20. The van der Waals surface area contributed by atoms with E-state index in [1.165, 1.54) is 12.1 Å². The van der Waals surface area contributed by atoms with Crippen LogP contribution in [0, 0.1) is 11.2 Å². The Bertz CT molecular complexity index is 550. The number of amides is 2. The van der Waals surface area contributed by atoms with Gasteiger partial charge in [-0.3, -0.25) is 9.59 Å². The third-order valence-electron chi connectivity index (χ3n) is 3.13. The Labute approximate surface area is 133 Å². The van der Waals surface area contributed by atoms with E-state index < -0.39 is 17.6 Å². The number of anilines is 1. The molecular weight excluding hydrogens is 311 g/mol. The van der Waals surface area contributed by atoms with Gasteiger partial charge in [0.1, 0.15) is 5.82 Å². The average molecular weight is 331 g/mol. The zero-order valence-electron chi connectivity index (χ0n) is 12.6. The van der Waals surface area contributed by atoms with E-state index in [2.05, 4.69) is 10.6 Å². The van der Waals surface area contributed by atoms with Crippen molar-refractivity contribution in [2.75, 3.05) is 18.5 Å². The van der Waals surface area contributed by atoms with E-state index in [0.29, 0.717) is 19.4 Å². The van der Waals surface area contributed by atoms with E-state index in [1.54, 1.807) is 0 Å². The Kier molecular flexibility index (Phi) is 6.77. The molecule has 0 atom stereocenters. The van der Waals surface area contributed by atoms with Crippen molar-refractivity contribution in [2.45, 2.75) is 26.7 Å². The van der Waals surface area contributed by atoms with E-state index in [1.807, 2.05) is 13.8 Å². The predicted molar refractivity (Wildman–Crippen MR) is 83.2 cm³/mol. The van der Waals surface area contributed by atoms with Gasteiger partial charge in [-0.2, -0.15) is 0 Å².